The quantitative estimate of drug-likeness (QED) is 0.0200. The lowest BCUT2D eigenvalue weighted by atomic mass is 10.1. The van der Waals surface area contributed by atoms with Gasteiger partial charge in [-0.15, -0.1) is 0 Å². The zero-order valence-corrected chi connectivity index (χ0v) is 40.5. The van der Waals surface area contributed by atoms with Gasteiger partial charge in [-0.25, -0.2) is 0 Å². The number of carbonyl (C=O) groups is 3. The highest BCUT2D eigenvalue weighted by Crippen LogP contribution is 2.11. The summed E-state index contributed by atoms with van der Waals surface area (Å²) in [7, 11) is 0. The molecule has 0 fully saturated rings. The van der Waals surface area contributed by atoms with E-state index in [9.17, 15) is 14.4 Å². The molecule has 0 amide bonds. The molecule has 0 bridgehead atoms. The Morgan fingerprint density at radius 2 is 0.703 bits per heavy atom. The van der Waals surface area contributed by atoms with E-state index in [0.29, 0.717) is 19.3 Å². The number of allylic oxidation sites excluding steroid dienone is 24. The highest BCUT2D eigenvalue weighted by atomic mass is 16.6. The van der Waals surface area contributed by atoms with Gasteiger partial charge in [-0.05, 0) is 96.3 Å². The average molecular weight is 881 g/mol. The van der Waals surface area contributed by atoms with Crippen LogP contribution in [0.2, 0.25) is 0 Å². The molecule has 0 aromatic carbocycles. The largest absolute Gasteiger partial charge is 0.462 e. The van der Waals surface area contributed by atoms with Gasteiger partial charge >= 0.3 is 17.9 Å². The van der Waals surface area contributed by atoms with E-state index >= 15 is 0 Å². The van der Waals surface area contributed by atoms with E-state index in [1.165, 1.54) is 6.42 Å². The molecule has 64 heavy (non-hydrogen) atoms. The Morgan fingerprint density at radius 1 is 0.344 bits per heavy atom. The SMILES string of the molecule is CC/C=C\C/C=C\C/C=C\C/C=C\C/C=C\CCC(=O)OC(COC(=O)CCCCCCC\C=C/C=C\C=C/C=C\C=C/CCC)COC(=O)CCCCCCC/C=C\C/C=C\CC. The van der Waals surface area contributed by atoms with Crippen molar-refractivity contribution in [3.8, 4) is 0 Å². The highest BCUT2D eigenvalue weighted by Gasteiger charge is 2.19. The Labute approximate surface area is 391 Å². The molecule has 0 saturated heterocycles. The van der Waals surface area contributed by atoms with Crippen molar-refractivity contribution in [1.29, 1.82) is 0 Å². The van der Waals surface area contributed by atoms with Crippen molar-refractivity contribution < 1.29 is 28.6 Å². The standard InChI is InChI=1S/C58H88O6/c1-4-7-10-13-16-19-22-25-27-29-30-32-33-36-39-42-45-48-51-57(60)63-54-55(53-62-56(59)50-47-44-41-38-35-24-21-18-15-12-9-6-3)64-58(61)52-49-46-43-40-37-34-31-28-26-23-20-17-14-11-8-5-2/h8-13,16-22,25-30,32,34,37,43,46,55H,4-7,14-15,23-24,31,33,35-36,38-42,44-45,47-54H2,1-3H3/b11-8-,12-9-,13-10-,19-16-,20-17-,21-18-,25-22-,28-26-,29-27-,32-30-,37-34-,46-43-. The van der Waals surface area contributed by atoms with Crippen LogP contribution in [0.3, 0.4) is 0 Å². The van der Waals surface area contributed by atoms with Crippen LogP contribution in [-0.4, -0.2) is 37.2 Å². The number of hydrogen-bond donors (Lipinski definition) is 0. The summed E-state index contributed by atoms with van der Waals surface area (Å²) in [6, 6.07) is 0. The average Bonchev–Trinajstić information content (AvgIpc) is 3.29. The van der Waals surface area contributed by atoms with E-state index in [-0.39, 0.29) is 31.6 Å². The van der Waals surface area contributed by atoms with Gasteiger partial charge in [0.05, 0.1) is 0 Å². The van der Waals surface area contributed by atoms with Gasteiger partial charge < -0.3 is 14.2 Å². The van der Waals surface area contributed by atoms with E-state index < -0.39 is 12.1 Å². The third-order valence-electron chi connectivity index (χ3n) is 9.68. The Kier molecular flexibility index (Phi) is 47.2. The van der Waals surface area contributed by atoms with Gasteiger partial charge in [-0.2, -0.15) is 0 Å². The number of esters is 3. The van der Waals surface area contributed by atoms with Crippen molar-refractivity contribution in [2.45, 2.75) is 187 Å². The lowest BCUT2D eigenvalue weighted by Crippen LogP contribution is -2.30. The number of unbranched alkanes of at least 4 members (excludes halogenated alkanes) is 11. The maximum absolute atomic E-state index is 12.8. The number of hydrogen-bond acceptors (Lipinski definition) is 6. The van der Waals surface area contributed by atoms with Crippen LogP contribution in [0.15, 0.2) is 146 Å². The maximum Gasteiger partial charge on any atom is 0.306 e. The van der Waals surface area contributed by atoms with Crippen LogP contribution in [-0.2, 0) is 28.6 Å². The second kappa shape index (κ2) is 50.9. The minimum Gasteiger partial charge on any atom is -0.462 e. The molecule has 0 saturated carbocycles. The molecule has 0 N–H and O–H groups in total. The summed E-state index contributed by atoms with van der Waals surface area (Å²) >= 11 is 0. The first kappa shape index (κ1) is 59.3. The molecule has 0 aliphatic rings. The summed E-state index contributed by atoms with van der Waals surface area (Å²) in [6.07, 6.45) is 72.6. The second-order valence-corrected chi connectivity index (χ2v) is 15.7. The van der Waals surface area contributed by atoms with Crippen LogP contribution in [0.25, 0.3) is 0 Å². The molecule has 0 aliphatic carbocycles. The van der Waals surface area contributed by atoms with Crippen LogP contribution >= 0.6 is 0 Å². The zero-order valence-electron chi connectivity index (χ0n) is 40.5. The minimum atomic E-state index is -0.840. The molecule has 0 rings (SSSR count). The van der Waals surface area contributed by atoms with Gasteiger partial charge in [0.1, 0.15) is 13.2 Å². The topological polar surface area (TPSA) is 78.9 Å². The van der Waals surface area contributed by atoms with Crippen LogP contribution < -0.4 is 0 Å². The molecule has 6 nitrogen and oxygen atoms in total. The number of rotatable bonds is 42. The van der Waals surface area contributed by atoms with Gasteiger partial charge in [0, 0.05) is 19.3 Å². The third kappa shape index (κ3) is 48.3. The predicted molar refractivity (Wildman–Crippen MR) is 274 cm³/mol. The van der Waals surface area contributed by atoms with Crippen molar-refractivity contribution in [1.82, 2.24) is 0 Å². The molecular weight excluding hydrogens is 793 g/mol. The summed E-state index contributed by atoms with van der Waals surface area (Å²) in [5.74, 6) is -1.07. The summed E-state index contributed by atoms with van der Waals surface area (Å²) < 4.78 is 16.7. The first-order valence-corrected chi connectivity index (χ1v) is 24.9. The molecule has 0 radical (unpaired) electrons. The van der Waals surface area contributed by atoms with Gasteiger partial charge in [-0.1, -0.05) is 212 Å². The lowest BCUT2D eigenvalue weighted by Gasteiger charge is -2.18. The molecule has 0 aliphatic heterocycles. The van der Waals surface area contributed by atoms with Gasteiger partial charge in [-0.3, -0.25) is 14.4 Å². The molecule has 0 aromatic rings. The molecule has 6 heteroatoms. The van der Waals surface area contributed by atoms with Crippen molar-refractivity contribution in [3.05, 3.63) is 146 Å². The molecule has 0 aromatic heterocycles. The van der Waals surface area contributed by atoms with Crippen molar-refractivity contribution >= 4 is 17.9 Å². The molecule has 356 valence electrons. The fourth-order valence-corrected chi connectivity index (χ4v) is 6.03. The Balaban J connectivity index is 4.60. The van der Waals surface area contributed by atoms with E-state index in [0.717, 1.165) is 128 Å². The third-order valence-corrected chi connectivity index (χ3v) is 9.68. The van der Waals surface area contributed by atoms with E-state index in [2.05, 4.69) is 118 Å². The fraction of sp³-hybridized carbons (Fsp3) is 0.534. The second-order valence-electron chi connectivity index (χ2n) is 15.7. The summed E-state index contributed by atoms with van der Waals surface area (Å²) in [5.41, 5.74) is 0. The van der Waals surface area contributed by atoms with E-state index in [4.69, 9.17) is 14.2 Å². The van der Waals surface area contributed by atoms with E-state index in [1.54, 1.807) is 0 Å². The minimum absolute atomic E-state index is 0.130. The van der Waals surface area contributed by atoms with Gasteiger partial charge in [0.15, 0.2) is 6.10 Å². The van der Waals surface area contributed by atoms with Crippen LogP contribution in [0.1, 0.15) is 181 Å². The molecule has 1 atom stereocenters. The number of ether oxygens (including phenoxy) is 3. The monoisotopic (exact) mass is 881 g/mol. The number of carbonyl (C=O) groups excluding carboxylic acids is 3. The smallest absolute Gasteiger partial charge is 0.306 e. The predicted octanol–water partition coefficient (Wildman–Crippen LogP) is 16.5. The first-order valence-electron chi connectivity index (χ1n) is 24.9. The van der Waals surface area contributed by atoms with E-state index in [1.807, 2.05) is 48.6 Å². The van der Waals surface area contributed by atoms with Gasteiger partial charge in [0.25, 0.3) is 0 Å². The molecule has 1 unspecified atom stereocenters. The summed E-state index contributed by atoms with van der Waals surface area (Å²) in [5, 5.41) is 0. The maximum atomic E-state index is 12.8. The van der Waals surface area contributed by atoms with Crippen molar-refractivity contribution in [2.75, 3.05) is 13.2 Å². The first-order chi connectivity index (χ1) is 31.5. The molecular formula is C58H88O6. The van der Waals surface area contributed by atoms with Crippen molar-refractivity contribution in [2.24, 2.45) is 0 Å². The van der Waals surface area contributed by atoms with Gasteiger partial charge in [0.2, 0.25) is 0 Å². The summed E-state index contributed by atoms with van der Waals surface area (Å²) in [4.78, 5) is 37.9. The Morgan fingerprint density at radius 3 is 1.16 bits per heavy atom. The van der Waals surface area contributed by atoms with Crippen LogP contribution in [0, 0.1) is 0 Å². The normalized spacial score (nSPS) is 13.4. The summed E-state index contributed by atoms with van der Waals surface area (Å²) in [6.45, 7) is 6.19. The van der Waals surface area contributed by atoms with Crippen LogP contribution in [0.4, 0.5) is 0 Å². The molecule has 0 heterocycles. The Hall–Kier alpha value is -4.71. The Bertz CT molecular complexity index is 1480. The van der Waals surface area contributed by atoms with Crippen LogP contribution in [0.5, 0.6) is 0 Å². The highest BCUT2D eigenvalue weighted by molar-refractivity contribution is 5.71. The van der Waals surface area contributed by atoms with Crippen molar-refractivity contribution in [3.63, 3.8) is 0 Å². The fourth-order valence-electron chi connectivity index (χ4n) is 6.03. The lowest BCUT2D eigenvalue weighted by molar-refractivity contribution is -0.166. The molecule has 0 spiro atoms. The zero-order chi connectivity index (χ0) is 46.5.